The molecule has 2 rings (SSSR count). The molecule has 1 heterocycles. The minimum absolute atomic E-state index is 0. The summed E-state index contributed by atoms with van der Waals surface area (Å²) < 4.78 is 5.31. The molecule has 0 aromatic carbocycles. The molecule has 4 nitrogen and oxygen atoms in total. The number of halogens is 1. The van der Waals surface area contributed by atoms with Gasteiger partial charge in [0.1, 0.15) is 12.3 Å². The van der Waals surface area contributed by atoms with E-state index in [2.05, 4.69) is 29.5 Å². The topological polar surface area (TPSA) is 49.6 Å². The van der Waals surface area contributed by atoms with E-state index in [-0.39, 0.29) is 24.0 Å². The molecule has 1 aliphatic carbocycles. The highest BCUT2D eigenvalue weighted by atomic mass is 127. The molecule has 2 N–H and O–H groups in total. The molecule has 2 unspecified atom stereocenters. The number of nitrogens with one attached hydrogen (secondary N) is 2. The molecule has 2 atom stereocenters. The van der Waals surface area contributed by atoms with Crippen LogP contribution in [0.25, 0.3) is 0 Å². The maximum absolute atomic E-state index is 5.31. The maximum Gasteiger partial charge on any atom is 0.191 e. The van der Waals surface area contributed by atoms with Gasteiger partial charge in [0, 0.05) is 13.1 Å². The van der Waals surface area contributed by atoms with Gasteiger partial charge in [-0.1, -0.05) is 26.2 Å². The van der Waals surface area contributed by atoms with Crippen LogP contribution in [0.3, 0.4) is 0 Å². The summed E-state index contributed by atoms with van der Waals surface area (Å²) in [5.74, 6) is 3.38. The normalized spacial score (nSPS) is 22.5. The summed E-state index contributed by atoms with van der Waals surface area (Å²) in [6, 6.07) is 3.85. The molecule has 0 amide bonds. The number of aliphatic imine (C=N–C) groups is 1. The molecule has 5 heteroatoms. The average molecular weight is 405 g/mol. The predicted octanol–water partition coefficient (Wildman–Crippen LogP) is 3.78. The lowest BCUT2D eigenvalue weighted by molar-refractivity contribution is 0.256. The Hall–Kier alpha value is -0.720. The van der Waals surface area contributed by atoms with Gasteiger partial charge in [-0.05, 0) is 37.3 Å². The van der Waals surface area contributed by atoms with E-state index in [0.29, 0.717) is 6.54 Å². The van der Waals surface area contributed by atoms with Gasteiger partial charge in [-0.15, -0.1) is 24.0 Å². The SMILES string of the molecule is CCNC(=NCc1ccco1)NCC1CCCCC1C.I. The third-order valence-corrected chi connectivity index (χ3v) is 4.14. The monoisotopic (exact) mass is 405 g/mol. The Balaban J connectivity index is 0.00000220. The Kier molecular flexibility index (Phi) is 8.80. The van der Waals surface area contributed by atoms with Gasteiger partial charge in [-0.25, -0.2) is 4.99 Å². The van der Waals surface area contributed by atoms with Crippen LogP contribution in [0.15, 0.2) is 27.8 Å². The molecular weight excluding hydrogens is 377 g/mol. The molecule has 0 bridgehead atoms. The second kappa shape index (κ2) is 10.1. The van der Waals surface area contributed by atoms with Crippen molar-refractivity contribution in [3.8, 4) is 0 Å². The zero-order valence-electron chi connectivity index (χ0n) is 13.1. The Morgan fingerprint density at radius 2 is 2.14 bits per heavy atom. The fourth-order valence-electron chi connectivity index (χ4n) is 2.83. The van der Waals surface area contributed by atoms with Crippen LogP contribution in [-0.2, 0) is 6.54 Å². The quantitative estimate of drug-likeness (QED) is 0.446. The van der Waals surface area contributed by atoms with Crippen molar-refractivity contribution in [1.29, 1.82) is 0 Å². The van der Waals surface area contributed by atoms with Crippen molar-refractivity contribution in [2.24, 2.45) is 16.8 Å². The van der Waals surface area contributed by atoms with Crippen LogP contribution in [0.1, 0.15) is 45.3 Å². The van der Waals surface area contributed by atoms with Crippen LogP contribution < -0.4 is 10.6 Å². The van der Waals surface area contributed by atoms with Gasteiger partial charge in [0.15, 0.2) is 5.96 Å². The molecule has 21 heavy (non-hydrogen) atoms. The molecule has 0 aliphatic heterocycles. The predicted molar refractivity (Wildman–Crippen MR) is 98.1 cm³/mol. The first-order valence-corrected chi connectivity index (χ1v) is 7.84. The van der Waals surface area contributed by atoms with Crippen LogP contribution in [0.5, 0.6) is 0 Å². The van der Waals surface area contributed by atoms with Crippen LogP contribution in [0, 0.1) is 11.8 Å². The first-order valence-electron chi connectivity index (χ1n) is 7.84. The van der Waals surface area contributed by atoms with Crippen molar-refractivity contribution in [2.75, 3.05) is 13.1 Å². The maximum atomic E-state index is 5.31. The van der Waals surface area contributed by atoms with Gasteiger partial charge in [0.05, 0.1) is 6.26 Å². The fourth-order valence-corrected chi connectivity index (χ4v) is 2.83. The first kappa shape index (κ1) is 18.3. The molecular formula is C16H28IN3O. The summed E-state index contributed by atoms with van der Waals surface area (Å²) in [5.41, 5.74) is 0. The summed E-state index contributed by atoms with van der Waals surface area (Å²) in [5, 5.41) is 6.78. The minimum Gasteiger partial charge on any atom is -0.467 e. The van der Waals surface area contributed by atoms with E-state index in [0.717, 1.165) is 36.6 Å². The van der Waals surface area contributed by atoms with Crippen molar-refractivity contribution in [1.82, 2.24) is 10.6 Å². The third kappa shape index (κ3) is 6.28. The molecule has 1 aromatic rings. The third-order valence-electron chi connectivity index (χ3n) is 4.14. The number of nitrogens with zero attached hydrogens (tertiary/aromatic N) is 1. The summed E-state index contributed by atoms with van der Waals surface area (Å²) in [7, 11) is 0. The van der Waals surface area contributed by atoms with Crippen molar-refractivity contribution < 1.29 is 4.42 Å². The van der Waals surface area contributed by atoms with Gasteiger partial charge in [0.2, 0.25) is 0 Å². The molecule has 0 saturated heterocycles. The highest BCUT2D eigenvalue weighted by Crippen LogP contribution is 2.28. The van der Waals surface area contributed by atoms with Crippen LogP contribution in [0.4, 0.5) is 0 Å². The van der Waals surface area contributed by atoms with Crippen LogP contribution >= 0.6 is 24.0 Å². The molecule has 1 saturated carbocycles. The smallest absolute Gasteiger partial charge is 0.191 e. The van der Waals surface area contributed by atoms with E-state index in [1.165, 1.54) is 25.7 Å². The van der Waals surface area contributed by atoms with Crippen molar-refractivity contribution in [2.45, 2.75) is 46.1 Å². The van der Waals surface area contributed by atoms with Crippen molar-refractivity contribution in [3.05, 3.63) is 24.2 Å². The Labute approximate surface area is 145 Å². The fraction of sp³-hybridized carbons (Fsp3) is 0.688. The number of guanidine groups is 1. The largest absolute Gasteiger partial charge is 0.467 e. The number of hydrogen-bond donors (Lipinski definition) is 2. The highest BCUT2D eigenvalue weighted by molar-refractivity contribution is 14.0. The zero-order chi connectivity index (χ0) is 14.2. The van der Waals surface area contributed by atoms with Crippen LogP contribution in [-0.4, -0.2) is 19.0 Å². The summed E-state index contributed by atoms with van der Waals surface area (Å²) in [4.78, 5) is 4.57. The lowest BCUT2D eigenvalue weighted by Crippen LogP contribution is -2.41. The standard InChI is InChI=1S/C16H27N3O.HI/c1-3-17-16(19-12-15-9-6-10-20-15)18-11-14-8-5-4-7-13(14)2;/h6,9-10,13-14H,3-5,7-8,11-12H2,1-2H3,(H2,17,18,19);1H. The second-order valence-electron chi connectivity index (χ2n) is 5.68. The van der Waals surface area contributed by atoms with Gasteiger partial charge < -0.3 is 15.1 Å². The number of hydrogen-bond acceptors (Lipinski definition) is 2. The number of rotatable bonds is 5. The second-order valence-corrected chi connectivity index (χ2v) is 5.68. The van der Waals surface area contributed by atoms with Gasteiger partial charge in [-0.2, -0.15) is 0 Å². The summed E-state index contributed by atoms with van der Waals surface area (Å²) in [6.07, 6.45) is 7.16. The van der Waals surface area contributed by atoms with E-state index < -0.39 is 0 Å². The zero-order valence-corrected chi connectivity index (χ0v) is 15.4. The summed E-state index contributed by atoms with van der Waals surface area (Å²) >= 11 is 0. The van der Waals surface area contributed by atoms with Crippen molar-refractivity contribution >= 4 is 29.9 Å². The average Bonchev–Trinajstić information content (AvgIpc) is 2.97. The minimum atomic E-state index is 0. The Morgan fingerprint density at radius 3 is 2.81 bits per heavy atom. The Morgan fingerprint density at radius 1 is 1.33 bits per heavy atom. The van der Waals surface area contributed by atoms with E-state index in [1.54, 1.807) is 6.26 Å². The molecule has 0 spiro atoms. The molecule has 0 radical (unpaired) electrons. The van der Waals surface area contributed by atoms with E-state index in [4.69, 9.17) is 4.42 Å². The molecule has 1 fully saturated rings. The molecule has 120 valence electrons. The molecule has 1 aromatic heterocycles. The van der Waals surface area contributed by atoms with E-state index in [9.17, 15) is 0 Å². The summed E-state index contributed by atoms with van der Waals surface area (Å²) in [6.45, 7) is 6.95. The molecule has 1 aliphatic rings. The van der Waals surface area contributed by atoms with Gasteiger partial charge in [0.25, 0.3) is 0 Å². The van der Waals surface area contributed by atoms with Gasteiger partial charge >= 0.3 is 0 Å². The Bertz CT molecular complexity index is 406. The first-order chi connectivity index (χ1) is 9.79. The van der Waals surface area contributed by atoms with E-state index >= 15 is 0 Å². The van der Waals surface area contributed by atoms with Crippen LogP contribution in [0.2, 0.25) is 0 Å². The van der Waals surface area contributed by atoms with Gasteiger partial charge in [-0.3, -0.25) is 0 Å². The lowest BCUT2D eigenvalue weighted by atomic mass is 9.80. The van der Waals surface area contributed by atoms with E-state index in [1.807, 2.05) is 12.1 Å². The lowest BCUT2D eigenvalue weighted by Gasteiger charge is -2.29. The highest BCUT2D eigenvalue weighted by Gasteiger charge is 2.21. The number of furan rings is 1. The van der Waals surface area contributed by atoms with Crippen molar-refractivity contribution in [3.63, 3.8) is 0 Å².